The largest absolute Gasteiger partial charge is 0.350 e. The number of hydrogen-bond acceptors (Lipinski definition) is 4. The summed E-state index contributed by atoms with van der Waals surface area (Å²) in [5, 5.41) is 2.77. The normalized spacial score (nSPS) is 12.4. The highest BCUT2D eigenvalue weighted by molar-refractivity contribution is 7.90. The van der Waals surface area contributed by atoms with Crippen LogP contribution < -0.4 is 5.32 Å². The highest BCUT2D eigenvalue weighted by Crippen LogP contribution is 2.16. The van der Waals surface area contributed by atoms with Crippen molar-refractivity contribution in [1.29, 1.82) is 0 Å². The average molecular weight is 377 g/mol. The molecule has 5 nitrogen and oxygen atoms in total. The maximum absolute atomic E-state index is 12.9. The van der Waals surface area contributed by atoms with E-state index in [1.54, 1.807) is 19.1 Å². The van der Waals surface area contributed by atoms with Gasteiger partial charge in [-0.2, -0.15) is 0 Å². The van der Waals surface area contributed by atoms with Crippen molar-refractivity contribution in [2.24, 2.45) is 0 Å². The lowest BCUT2D eigenvalue weighted by Crippen LogP contribution is -2.27. The molecule has 0 heterocycles. The monoisotopic (exact) mass is 377 g/mol. The molecule has 26 heavy (non-hydrogen) atoms. The van der Waals surface area contributed by atoms with Gasteiger partial charge in [0.2, 0.25) is 5.91 Å². The first-order valence-electron chi connectivity index (χ1n) is 8.05. The van der Waals surface area contributed by atoms with Gasteiger partial charge in [-0.1, -0.05) is 12.1 Å². The first-order valence-corrected chi connectivity index (χ1v) is 9.94. The fourth-order valence-corrected chi connectivity index (χ4v) is 3.04. The third-order valence-corrected chi connectivity index (χ3v) is 5.06. The van der Waals surface area contributed by atoms with Gasteiger partial charge in [0.1, 0.15) is 5.82 Å². The summed E-state index contributed by atoms with van der Waals surface area (Å²) in [6.07, 6.45) is 1.17. The molecule has 0 saturated carbocycles. The van der Waals surface area contributed by atoms with Gasteiger partial charge in [0.25, 0.3) is 0 Å². The van der Waals surface area contributed by atoms with Gasteiger partial charge in [-0.05, 0) is 48.9 Å². The topological polar surface area (TPSA) is 80.3 Å². The van der Waals surface area contributed by atoms with Crippen LogP contribution in [0.4, 0.5) is 4.39 Å². The minimum absolute atomic E-state index is 0.0158. The van der Waals surface area contributed by atoms with Crippen molar-refractivity contribution in [2.45, 2.75) is 30.7 Å². The zero-order valence-electron chi connectivity index (χ0n) is 14.5. The van der Waals surface area contributed by atoms with E-state index in [0.29, 0.717) is 5.56 Å². The molecular formula is C19H20FNO4S. The first-order chi connectivity index (χ1) is 12.2. The number of benzene rings is 2. The number of sulfone groups is 1. The summed E-state index contributed by atoms with van der Waals surface area (Å²) >= 11 is 0. The number of nitrogens with one attached hydrogen (secondary N) is 1. The summed E-state index contributed by atoms with van der Waals surface area (Å²) in [5.74, 6) is -0.944. The van der Waals surface area contributed by atoms with E-state index >= 15 is 0 Å². The van der Waals surface area contributed by atoms with Crippen molar-refractivity contribution in [3.63, 3.8) is 0 Å². The molecule has 0 saturated heterocycles. The average Bonchev–Trinajstić information content (AvgIpc) is 2.59. The highest BCUT2D eigenvalue weighted by Gasteiger charge is 2.14. The third kappa shape index (κ3) is 5.49. The summed E-state index contributed by atoms with van der Waals surface area (Å²) in [6, 6.07) is 11.1. The van der Waals surface area contributed by atoms with Gasteiger partial charge >= 0.3 is 0 Å². The van der Waals surface area contributed by atoms with Crippen LogP contribution in [0.3, 0.4) is 0 Å². The zero-order valence-corrected chi connectivity index (χ0v) is 15.3. The molecule has 0 unspecified atom stereocenters. The Bertz CT molecular complexity index is 890. The van der Waals surface area contributed by atoms with Gasteiger partial charge in [-0.15, -0.1) is 0 Å². The van der Waals surface area contributed by atoms with E-state index in [4.69, 9.17) is 0 Å². The first kappa shape index (κ1) is 19.8. The summed E-state index contributed by atoms with van der Waals surface area (Å²) < 4.78 is 35.8. The minimum atomic E-state index is -3.26. The van der Waals surface area contributed by atoms with Gasteiger partial charge < -0.3 is 5.32 Å². The SMILES string of the molecule is C[C@H](NC(=O)CCC(=O)c1ccc(F)cc1)c1ccc(S(C)(=O)=O)cc1. The second kappa shape index (κ2) is 8.23. The second-order valence-corrected chi connectivity index (χ2v) is 8.08. The summed E-state index contributed by atoms with van der Waals surface area (Å²) in [4.78, 5) is 24.2. The smallest absolute Gasteiger partial charge is 0.220 e. The van der Waals surface area contributed by atoms with Gasteiger partial charge in [0.15, 0.2) is 15.6 Å². The standard InChI is InChI=1S/C19H20FNO4S/c1-13(14-5-9-17(10-6-14)26(2,24)25)21-19(23)12-11-18(22)15-3-7-16(20)8-4-15/h3-10,13H,11-12H2,1-2H3,(H,21,23)/t13-/m0/s1. The molecule has 0 aliphatic heterocycles. The number of hydrogen-bond donors (Lipinski definition) is 1. The Morgan fingerprint density at radius 2 is 1.58 bits per heavy atom. The van der Waals surface area contributed by atoms with Crippen LogP contribution in [-0.4, -0.2) is 26.4 Å². The highest BCUT2D eigenvalue weighted by atomic mass is 32.2. The molecule has 0 bridgehead atoms. The van der Waals surface area contributed by atoms with E-state index in [9.17, 15) is 22.4 Å². The van der Waals surface area contributed by atoms with Gasteiger partial charge in [0.05, 0.1) is 10.9 Å². The third-order valence-electron chi connectivity index (χ3n) is 3.93. The van der Waals surface area contributed by atoms with Crippen LogP contribution in [0.1, 0.15) is 41.7 Å². The predicted molar refractivity (Wildman–Crippen MR) is 96.1 cm³/mol. The molecule has 1 atom stereocenters. The molecule has 0 aliphatic carbocycles. The Morgan fingerprint density at radius 3 is 2.12 bits per heavy atom. The maximum Gasteiger partial charge on any atom is 0.220 e. The van der Waals surface area contributed by atoms with Crippen molar-refractivity contribution < 1.29 is 22.4 Å². The molecule has 2 aromatic rings. The number of amides is 1. The number of ketones is 1. The lowest BCUT2D eigenvalue weighted by molar-refractivity contribution is -0.121. The molecule has 138 valence electrons. The Kier molecular flexibility index (Phi) is 6.26. The summed E-state index contributed by atoms with van der Waals surface area (Å²) in [7, 11) is -3.26. The van der Waals surface area contributed by atoms with Crippen LogP contribution in [0.2, 0.25) is 0 Å². The Labute approximate surface area is 152 Å². The van der Waals surface area contributed by atoms with E-state index in [0.717, 1.165) is 11.8 Å². The number of Topliss-reactive ketones (excluding diaryl/α,β-unsaturated/α-hetero) is 1. The van der Waals surface area contributed by atoms with Crippen molar-refractivity contribution in [2.75, 3.05) is 6.26 Å². The molecular weight excluding hydrogens is 357 g/mol. The van der Waals surface area contributed by atoms with E-state index in [-0.39, 0.29) is 35.5 Å². The van der Waals surface area contributed by atoms with Crippen molar-refractivity contribution in [3.05, 3.63) is 65.5 Å². The van der Waals surface area contributed by atoms with E-state index in [1.165, 1.54) is 36.4 Å². The molecule has 0 aromatic heterocycles. The van der Waals surface area contributed by atoms with Crippen LogP contribution in [0, 0.1) is 5.82 Å². The molecule has 0 aliphatic rings. The quantitative estimate of drug-likeness (QED) is 0.752. The molecule has 0 fully saturated rings. The molecule has 1 N–H and O–H groups in total. The molecule has 2 aromatic carbocycles. The fraction of sp³-hybridized carbons (Fsp3) is 0.263. The van der Waals surface area contributed by atoms with E-state index < -0.39 is 15.7 Å². The number of carbonyl (C=O) groups excluding carboxylic acids is 2. The molecule has 1 amide bonds. The van der Waals surface area contributed by atoms with Gasteiger partial charge in [-0.3, -0.25) is 9.59 Å². The Hall–Kier alpha value is -2.54. The van der Waals surface area contributed by atoms with Crippen molar-refractivity contribution in [1.82, 2.24) is 5.32 Å². The second-order valence-electron chi connectivity index (χ2n) is 6.06. The maximum atomic E-state index is 12.9. The van der Waals surface area contributed by atoms with Crippen LogP contribution in [-0.2, 0) is 14.6 Å². The van der Waals surface area contributed by atoms with Crippen molar-refractivity contribution >= 4 is 21.5 Å². The molecule has 0 spiro atoms. The Morgan fingerprint density at radius 1 is 1.00 bits per heavy atom. The number of halogens is 1. The molecule has 7 heteroatoms. The van der Waals surface area contributed by atoms with Crippen molar-refractivity contribution in [3.8, 4) is 0 Å². The van der Waals surface area contributed by atoms with Gasteiger partial charge in [0, 0.05) is 24.7 Å². The van der Waals surface area contributed by atoms with Crippen LogP contribution in [0.25, 0.3) is 0 Å². The summed E-state index contributed by atoms with van der Waals surface area (Å²) in [6.45, 7) is 1.77. The minimum Gasteiger partial charge on any atom is -0.350 e. The van der Waals surface area contributed by atoms with Crippen LogP contribution in [0.15, 0.2) is 53.4 Å². The number of rotatable bonds is 7. The van der Waals surface area contributed by atoms with Crippen LogP contribution >= 0.6 is 0 Å². The lowest BCUT2D eigenvalue weighted by atomic mass is 10.1. The van der Waals surface area contributed by atoms with Crippen LogP contribution in [0.5, 0.6) is 0 Å². The molecule has 0 radical (unpaired) electrons. The predicted octanol–water partition coefficient (Wildman–Crippen LogP) is 3.07. The van der Waals surface area contributed by atoms with E-state index in [1.807, 2.05) is 0 Å². The summed E-state index contributed by atoms with van der Waals surface area (Å²) in [5.41, 5.74) is 1.12. The lowest BCUT2D eigenvalue weighted by Gasteiger charge is -2.14. The molecule has 2 rings (SSSR count). The zero-order chi connectivity index (χ0) is 19.3. The van der Waals surface area contributed by atoms with E-state index in [2.05, 4.69) is 5.32 Å². The van der Waals surface area contributed by atoms with Gasteiger partial charge in [-0.25, -0.2) is 12.8 Å². The number of carbonyl (C=O) groups is 2. The fourth-order valence-electron chi connectivity index (χ4n) is 2.41. The Balaban J connectivity index is 1.88.